The Morgan fingerprint density at radius 2 is 1.45 bits per heavy atom. The maximum atomic E-state index is 13.3. The van der Waals surface area contributed by atoms with Crippen LogP contribution >= 0.6 is 27.5 Å². The molecule has 1 aliphatic heterocycles. The topological polar surface area (TPSA) is 40.6 Å². The van der Waals surface area contributed by atoms with Crippen LogP contribution in [0.5, 0.6) is 0 Å². The van der Waals surface area contributed by atoms with Crippen molar-refractivity contribution in [1.82, 2.24) is 9.21 Å². The molecular formula is C24H24BrClN2O2S. The van der Waals surface area contributed by atoms with E-state index in [1.807, 2.05) is 30.3 Å². The molecule has 0 amide bonds. The summed E-state index contributed by atoms with van der Waals surface area (Å²) in [5.41, 5.74) is 2.99. The third kappa shape index (κ3) is 4.73. The summed E-state index contributed by atoms with van der Waals surface area (Å²) in [6.07, 6.45) is 0. The standard InChI is InChI=1S/C24H24BrClN2O2S/c1-18-22(26)8-5-9-23(18)31(29,30)28-16-14-27(15-17-28)24(19-6-3-2-4-7-19)20-10-12-21(25)13-11-20/h2-13,24H,14-17H2,1H3/t24-/m0/s1. The summed E-state index contributed by atoms with van der Waals surface area (Å²) in [7, 11) is -3.58. The van der Waals surface area contributed by atoms with Crippen LogP contribution in [0.25, 0.3) is 0 Å². The summed E-state index contributed by atoms with van der Waals surface area (Å²) in [6.45, 7) is 3.93. The molecule has 4 nitrogen and oxygen atoms in total. The monoisotopic (exact) mass is 518 g/mol. The Labute approximate surface area is 197 Å². The van der Waals surface area contributed by atoms with Gasteiger partial charge in [0.2, 0.25) is 10.0 Å². The molecule has 1 aliphatic rings. The fraction of sp³-hybridized carbons (Fsp3) is 0.250. The minimum Gasteiger partial charge on any atom is -0.290 e. The van der Waals surface area contributed by atoms with Gasteiger partial charge in [0.05, 0.1) is 10.9 Å². The molecule has 7 heteroatoms. The van der Waals surface area contributed by atoms with Crippen LogP contribution in [0, 0.1) is 6.92 Å². The zero-order valence-corrected chi connectivity index (χ0v) is 20.4. The van der Waals surface area contributed by atoms with Gasteiger partial charge in [-0.3, -0.25) is 4.90 Å². The minimum atomic E-state index is -3.58. The van der Waals surface area contributed by atoms with Crippen LogP contribution in [0.2, 0.25) is 5.02 Å². The number of sulfonamides is 1. The molecule has 0 spiro atoms. The highest BCUT2D eigenvalue weighted by molar-refractivity contribution is 9.10. The fourth-order valence-electron chi connectivity index (χ4n) is 4.10. The highest BCUT2D eigenvalue weighted by Crippen LogP contribution is 2.32. The number of benzene rings is 3. The molecule has 1 atom stereocenters. The molecular weight excluding hydrogens is 496 g/mol. The first kappa shape index (κ1) is 22.5. The van der Waals surface area contributed by atoms with Crippen LogP contribution in [0.3, 0.4) is 0 Å². The van der Waals surface area contributed by atoms with E-state index < -0.39 is 10.0 Å². The van der Waals surface area contributed by atoms with Crippen molar-refractivity contribution in [3.63, 3.8) is 0 Å². The van der Waals surface area contributed by atoms with E-state index in [0.717, 1.165) is 4.47 Å². The van der Waals surface area contributed by atoms with Gasteiger partial charge >= 0.3 is 0 Å². The van der Waals surface area contributed by atoms with E-state index in [1.54, 1.807) is 29.4 Å². The lowest BCUT2D eigenvalue weighted by Crippen LogP contribution is -2.49. The Morgan fingerprint density at radius 3 is 2.10 bits per heavy atom. The van der Waals surface area contributed by atoms with Crippen molar-refractivity contribution in [3.8, 4) is 0 Å². The summed E-state index contributed by atoms with van der Waals surface area (Å²) >= 11 is 9.69. The molecule has 0 bridgehead atoms. The van der Waals surface area contributed by atoms with Crippen LogP contribution < -0.4 is 0 Å². The molecule has 4 rings (SSSR count). The Hall–Kier alpha value is -1.70. The number of nitrogens with zero attached hydrogens (tertiary/aromatic N) is 2. The summed E-state index contributed by atoms with van der Waals surface area (Å²) in [6, 6.07) is 23.8. The summed E-state index contributed by atoms with van der Waals surface area (Å²) < 4.78 is 29.1. The zero-order chi connectivity index (χ0) is 22.0. The van der Waals surface area contributed by atoms with Gasteiger partial charge in [0.1, 0.15) is 0 Å². The summed E-state index contributed by atoms with van der Waals surface area (Å²) in [5, 5.41) is 0.471. The van der Waals surface area contributed by atoms with E-state index in [1.165, 1.54) is 11.1 Å². The lowest BCUT2D eigenvalue weighted by atomic mass is 9.96. The van der Waals surface area contributed by atoms with Crippen molar-refractivity contribution in [3.05, 3.63) is 99.0 Å². The molecule has 0 saturated carbocycles. The molecule has 3 aromatic carbocycles. The Kier molecular flexibility index (Phi) is 6.84. The summed E-state index contributed by atoms with van der Waals surface area (Å²) in [4.78, 5) is 2.65. The van der Waals surface area contributed by atoms with Gasteiger partial charge in [-0.2, -0.15) is 4.31 Å². The third-order valence-corrected chi connectivity index (χ3v) is 8.76. The van der Waals surface area contributed by atoms with Crippen LogP contribution in [0.1, 0.15) is 22.7 Å². The molecule has 1 fully saturated rings. The maximum Gasteiger partial charge on any atom is 0.243 e. The second-order valence-corrected chi connectivity index (χ2v) is 10.9. The maximum absolute atomic E-state index is 13.3. The molecule has 1 heterocycles. The molecule has 0 N–H and O–H groups in total. The van der Waals surface area contributed by atoms with E-state index in [2.05, 4.69) is 45.1 Å². The van der Waals surface area contributed by atoms with Crippen molar-refractivity contribution in [2.75, 3.05) is 26.2 Å². The Bertz CT molecular complexity index is 1150. The van der Waals surface area contributed by atoms with E-state index >= 15 is 0 Å². The second-order valence-electron chi connectivity index (χ2n) is 7.67. The van der Waals surface area contributed by atoms with E-state index in [-0.39, 0.29) is 6.04 Å². The Morgan fingerprint density at radius 1 is 0.839 bits per heavy atom. The highest BCUT2D eigenvalue weighted by atomic mass is 79.9. The second kappa shape index (κ2) is 9.43. The van der Waals surface area contributed by atoms with Gasteiger partial charge in [0.25, 0.3) is 0 Å². The van der Waals surface area contributed by atoms with Crippen LogP contribution in [-0.2, 0) is 10.0 Å². The smallest absolute Gasteiger partial charge is 0.243 e. The van der Waals surface area contributed by atoms with Gasteiger partial charge in [-0.25, -0.2) is 8.42 Å². The minimum absolute atomic E-state index is 0.0760. The van der Waals surface area contributed by atoms with E-state index in [0.29, 0.717) is 41.7 Å². The molecule has 0 radical (unpaired) electrons. The average Bonchev–Trinajstić information content (AvgIpc) is 2.78. The van der Waals surface area contributed by atoms with Gasteiger partial charge in [0.15, 0.2) is 0 Å². The third-order valence-electron chi connectivity index (χ3n) is 5.78. The lowest BCUT2D eigenvalue weighted by molar-refractivity contribution is 0.156. The predicted octanol–water partition coefficient (Wildman–Crippen LogP) is 5.51. The zero-order valence-electron chi connectivity index (χ0n) is 17.2. The number of piperazine rings is 1. The fourth-order valence-corrected chi connectivity index (χ4v) is 6.27. The van der Waals surface area contributed by atoms with Crippen molar-refractivity contribution in [2.45, 2.75) is 17.9 Å². The van der Waals surface area contributed by atoms with Gasteiger partial charge in [-0.15, -0.1) is 0 Å². The van der Waals surface area contributed by atoms with E-state index in [9.17, 15) is 8.42 Å². The van der Waals surface area contributed by atoms with Gasteiger partial charge in [-0.1, -0.05) is 76.1 Å². The summed E-state index contributed by atoms with van der Waals surface area (Å²) in [5.74, 6) is 0. The van der Waals surface area contributed by atoms with Crippen LogP contribution in [0.15, 0.2) is 82.2 Å². The average molecular weight is 520 g/mol. The van der Waals surface area contributed by atoms with Crippen LogP contribution in [0.4, 0.5) is 0 Å². The highest BCUT2D eigenvalue weighted by Gasteiger charge is 2.33. The van der Waals surface area contributed by atoms with Crippen molar-refractivity contribution >= 4 is 37.6 Å². The molecule has 31 heavy (non-hydrogen) atoms. The molecule has 0 unspecified atom stereocenters. The van der Waals surface area contributed by atoms with Gasteiger partial charge in [-0.05, 0) is 47.9 Å². The predicted molar refractivity (Wildman–Crippen MR) is 129 cm³/mol. The van der Waals surface area contributed by atoms with Gasteiger partial charge < -0.3 is 0 Å². The number of hydrogen-bond donors (Lipinski definition) is 0. The lowest BCUT2D eigenvalue weighted by Gasteiger charge is -2.39. The first-order valence-electron chi connectivity index (χ1n) is 10.2. The van der Waals surface area contributed by atoms with Crippen LogP contribution in [-0.4, -0.2) is 43.8 Å². The van der Waals surface area contributed by atoms with Crippen molar-refractivity contribution in [2.24, 2.45) is 0 Å². The number of hydrogen-bond acceptors (Lipinski definition) is 3. The van der Waals surface area contributed by atoms with Gasteiger partial charge in [0, 0.05) is 35.7 Å². The molecule has 0 aliphatic carbocycles. The largest absolute Gasteiger partial charge is 0.290 e. The van der Waals surface area contributed by atoms with Crippen molar-refractivity contribution < 1.29 is 8.42 Å². The number of halogens is 2. The molecule has 0 aromatic heterocycles. The SMILES string of the molecule is Cc1c(Cl)cccc1S(=O)(=O)N1CCN([C@@H](c2ccccc2)c2ccc(Br)cc2)CC1. The van der Waals surface area contributed by atoms with E-state index in [4.69, 9.17) is 11.6 Å². The first-order valence-corrected chi connectivity index (χ1v) is 12.8. The normalized spacial score (nSPS) is 16.9. The van der Waals surface area contributed by atoms with Crippen molar-refractivity contribution in [1.29, 1.82) is 0 Å². The number of rotatable bonds is 5. The quantitative estimate of drug-likeness (QED) is 0.446. The first-order chi connectivity index (χ1) is 14.9. The molecule has 3 aromatic rings. The Balaban J connectivity index is 1.58. The molecule has 1 saturated heterocycles. The molecule has 162 valence electrons.